The first-order valence-corrected chi connectivity index (χ1v) is 12.2. The number of hydrogen-bond acceptors (Lipinski definition) is 3. The van der Waals surface area contributed by atoms with E-state index < -0.39 is 8.37 Å². The first-order chi connectivity index (χ1) is 16.7. The molecule has 0 unspecified atom stereocenters. The largest absolute Gasteiger partial charge is 0.497 e. The number of aromatic nitrogens is 3. The molecule has 0 saturated heterocycles. The van der Waals surface area contributed by atoms with Gasteiger partial charge in [-0.15, -0.1) is 0 Å². The zero-order valence-electron chi connectivity index (χ0n) is 19.2. The molecule has 0 radical (unpaired) electrons. The van der Waals surface area contributed by atoms with Crippen molar-refractivity contribution in [1.29, 1.82) is 0 Å². The van der Waals surface area contributed by atoms with Crippen molar-refractivity contribution in [2.75, 3.05) is 21.3 Å². The molecule has 0 aliphatic rings. The number of methoxy groups -OCH3 is 3. The van der Waals surface area contributed by atoms with Crippen molar-refractivity contribution in [2.45, 2.75) is 0 Å². The van der Waals surface area contributed by atoms with Crippen LogP contribution in [0.25, 0.3) is 32.7 Å². The monoisotopic (exact) mass is 469 g/mol. The molecule has 3 heterocycles. The fraction of sp³-hybridized carbons (Fsp3) is 0.111. The lowest BCUT2D eigenvalue weighted by Crippen LogP contribution is -2.07. The number of nitrogens with zero attached hydrogens (tertiary/aromatic N) is 3. The molecule has 3 aromatic heterocycles. The minimum absolute atomic E-state index is 0.853. The van der Waals surface area contributed by atoms with E-state index in [-0.39, 0.29) is 0 Å². The van der Waals surface area contributed by atoms with Gasteiger partial charge in [0.2, 0.25) is 8.37 Å². The van der Waals surface area contributed by atoms with Gasteiger partial charge in [0, 0.05) is 34.7 Å². The van der Waals surface area contributed by atoms with E-state index in [0.29, 0.717) is 0 Å². The Labute approximate surface area is 198 Å². The van der Waals surface area contributed by atoms with Crippen molar-refractivity contribution >= 4 is 41.1 Å². The summed E-state index contributed by atoms with van der Waals surface area (Å²) >= 11 is 0. The van der Waals surface area contributed by atoms with E-state index in [1.807, 2.05) is 18.2 Å². The van der Waals surface area contributed by atoms with Crippen LogP contribution in [-0.4, -0.2) is 34.3 Å². The quantitative estimate of drug-likeness (QED) is 0.254. The summed E-state index contributed by atoms with van der Waals surface area (Å²) in [5, 5.41) is 3.43. The summed E-state index contributed by atoms with van der Waals surface area (Å²) in [6.07, 6.45) is 6.50. The first kappa shape index (κ1) is 20.7. The summed E-state index contributed by atoms with van der Waals surface area (Å²) in [7, 11) is 4.05. The van der Waals surface area contributed by atoms with Crippen LogP contribution in [0.2, 0.25) is 0 Å². The van der Waals surface area contributed by atoms with Gasteiger partial charge in [-0.25, -0.2) is 0 Å². The molecule has 0 aliphatic heterocycles. The Balaban J connectivity index is 1.61. The predicted molar refractivity (Wildman–Crippen MR) is 139 cm³/mol. The minimum Gasteiger partial charge on any atom is -0.497 e. The molecule has 0 aliphatic carbocycles. The van der Waals surface area contributed by atoms with Crippen molar-refractivity contribution in [1.82, 2.24) is 13.0 Å². The summed E-state index contributed by atoms with van der Waals surface area (Å²) in [6, 6.07) is 25.1. The van der Waals surface area contributed by atoms with E-state index in [1.54, 1.807) is 21.3 Å². The van der Waals surface area contributed by atoms with Crippen LogP contribution in [0, 0.1) is 0 Å². The normalized spacial score (nSPS) is 11.6. The van der Waals surface area contributed by atoms with Crippen LogP contribution in [-0.2, 0) is 0 Å². The van der Waals surface area contributed by atoms with Crippen molar-refractivity contribution in [2.24, 2.45) is 0 Å². The Bertz CT molecular complexity index is 1450. The smallest absolute Gasteiger partial charge is 0.221 e. The third-order valence-corrected chi connectivity index (χ3v) is 8.41. The van der Waals surface area contributed by atoms with Crippen LogP contribution in [0.4, 0.5) is 0 Å². The Morgan fingerprint density at radius 2 is 0.794 bits per heavy atom. The van der Waals surface area contributed by atoms with E-state index >= 15 is 0 Å². The maximum absolute atomic E-state index is 5.46. The second-order valence-corrected chi connectivity index (χ2v) is 9.85. The molecule has 3 aromatic carbocycles. The molecular formula is C27H24N3O3P. The number of rotatable bonds is 6. The molecule has 0 atom stereocenters. The van der Waals surface area contributed by atoms with Crippen LogP contribution >= 0.6 is 8.37 Å². The Morgan fingerprint density at radius 1 is 0.471 bits per heavy atom. The maximum atomic E-state index is 5.46. The molecule has 0 saturated carbocycles. The number of ether oxygens (including phenoxy) is 3. The van der Waals surface area contributed by atoms with Gasteiger partial charge < -0.3 is 14.2 Å². The van der Waals surface area contributed by atoms with E-state index in [9.17, 15) is 0 Å². The van der Waals surface area contributed by atoms with Gasteiger partial charge >= 0.3 is 0 Å². The molecule has 0 N–H and O–H groups in total. The highest BCUT2D eigenvalue weighted by atomic mass is 31.1. The average molecular weight is 469 g/mol. The molecule has 0 bridgehead atoms. The second kappa shape index (κ2) is 8.15. The topological polar surface area (TPSA) is 42.5 Å². The summed E-state index contributed by atoms with van der Waals surface area (Å²) in [5.41, 5.74) is 3.45. The summed E-state index contributed by atoms with van der Waals surface area (Å²) in [5.74, 6) is 2.56. The molecule has 6 rings (SSSR count). The van der Waals surface area contributed by atoms with Gasteiger partial charge in [-0.05, 0) is 72.8 Å². The third-order valence-electron chi connectivity index (χ3n) is 6.21. The molecule has 34 heavy (non-hydrogen) atoms. The summed E-state index contributed by atoms with van der Waals surface area (Å²) in [4.78, 5) is 0. The fourth-order valence-corrected chi connectivity index (χ4v) is 6.78. The van der Waals surface area contributed by atoms with Crippen molar-refractivity contribution < 1.29 is 14.2 Å². The molecule has 0 amide bonds. The minimum atomic E-state index is -1.05. The Kier molecular flexibility index (Phi) is 4.96. The van der Waals surface area contributed by atoms with Crippen LogP contribution in [0.3, 0.4) is 0 Å². The van der Waals surface area contributed by atoms with E-state index in [1.165, 1.54) is 0 Å². The molecule has 170 valence electrons. The summed E-state index contributed by atoms with van der Waals surface area (Å²) < 4.78 is 23.4. The molecule has 6 nitrogen and oxygen atoms in total. The lowest BCUT2D eigenvalue weighted by atomic mass is 10.2. The summed E-state index contributed by atoms with van der Waals surface area (Å²) in [6.45, 7) is 0. The fourth-order valence-electron chi connectivity index (χ4n) is 4.48. The van der Waals surface area contributed by atoms with Gasteiger partial charge in [0.1, 0.15) is 17.2 Å². The van der Waals surface area contributed by atoms with Crippen molar-refractivity contribution in [3.05, 3.63) is 91.4 Å². The molecule has 0 fully saturated rings. The van der Waals surface area contributed by atoms with Gasteiger partial charge in [0.15, 0.2) is 0 Å². The number of benzene rings is 3. The average Bonchev–Trinajstić information content (AvgIpc) is 3.61. The van der Waals surface area contributed by atoms with Crippen molar-refractivity contribution in [3.63, 3.8) is 0 Å². The highest BCUT2D eigenvalue weighted by Gasteiger charge is 2.22. The zero-order valence-corrected chi connectivity index (χ0v) is 20.1. The van der Waals surface area contributed by atoms with Gasteiger partial charge in [-0.1, -0.05) is 0 Å². The van der Waals surface area contributed by atoms with Crippen molar-refractivity contribution in [3.8, 4) is 17.2 Å². The maximum Gasteiger partial charge on any atom is 0.221 e. The highest BCUT2D eigenvalue weighted by molar-refractivity contribution is 7.53. The highest BCUT2D eigenvalue weighted by Crippen LogP contribution is 2.48. The molecule has 6 aromatic rings. The van der Waals surface area contributed by atoms with Gasteiger partial charge in [-0.2, -0.15) is 0 Å². The Hall–Kier alpha value is -3.89. The lowest BCUT2D eigenvalue weighted by molar-refractivity contribution is 0.415. The molecule has 7 heteroatoms. The third kappa shape index (κ3) is 3.22. The first-order valence-electron chi connectivity index (χ1n) is 11.0. The van der Waals surface area contributed by atoms with E-state index in [2.05, 4.69) is 86.2 Å². The van der Waals surface area contributed by atoms with Crippen LogP contribution in [0.1, 0.15) is 0 Å². The molecule has 0 spiro atoms. The van der Waals surface area contributed by atoms with Gasteiger partial charge in [-0.3, -0.25) is 13.0 Å². The van der Waals surface area contributed by atoms with Crippen LogP contribution in [0.15, 0.2) is 91.4 Å². The molecular weight excluding hydrogens is 445 g/mol. The van der Waals surface area contributed by atoms with E-state index in [4.69, 9.17) is 14.2 Å². The standard InChI is InChI=1S/C27H24N3O3P/c1-31-22-4-7-25-19(16-22)10-13-28(25)34(29-14-11-20-17-23(32-2)5-8-26(20)29)30-15-12-21-18-24(33-3)6-9-27(21)30/h4-18H,1-3H3. The van der Waals surface area contributed by atoms with Gasteiger partial charge in [0.05, 0.1) is 37.9 Å². The van der Waals surface area contributed by atoms with E-state index in [0.717, 1.165) is 50.0 Å². The van der Waals surface area contributed by atoms with Crippen LogP contribution in [0.5, 0.6) is 17.2 Å². The number of fused-ring (bicyclic) bond motifs is 3. The van der Waals surface area contributed by atoms with Crippen LogP contribution < -0.4 is 14.2 Å². The lowest BCUT2D eigenvalue weighted by Gasteiger charge is -2.24. The zero-order chi connectivity index (χ0) is 23.2. The second-order valence-electron chi connectivity index (χ2n) is 8.02. The SMILES string of the molecule is COc1ccc2c(ccn2P(n2ccc3cc(OC)ccc32)n2ccc3cc(OC)ccc32)c1. The number of hydrogen-bond donors (Lipinski definition) is 0. The predicted octanol–water partition coefficient (Wildman–Crippen LogP) is 6.75. The Morgan fingerprint density at radius 3 is 1.09 bits per heavy atom. The van der Waals surface area contributed by atoms with Gasteiger partial charge in [0.25, 0.3) is 0 Å².